The number of phenols is 1. The van der Waals surface area contributed by atoms with Crippen LogP contribution in [0.15, 0.2) is 52.7 Å². The Labute approximate surface area is 332 Å². The second-order valence-electron chi connectivity index (χ2n) is 18.2. The third-order valence-electron chi connectivity index (χ3n) is 13.0. The summed E-state index contributed by atoms with van der Waals surface area (Å²) in [6.45, 7) is 19.4. The molecule has 0 amide bonds. The monoisotopic (exact) mass is 767 g/mol. The Hall–Kier alpha value is -3.95. The molecule has 0 unspecified atom stereocenters. The number of Topliss-reactive ketones (excluding diaryl/α,β-unsaturated/α-hetero) is 2. The molecule has 1 aromatic rings. The number of rotatable bonds is 13. The van der Waals surface area contributed by atoms with Crippen molar-refractivity contribution in [2.75, 3.05) is 26.2 Å². The first-order valence-electron chi connectivity index (χ1n) is 20.9. The molecule has 9 heteroatoms. The minimum Gasteiger partial charge on any atom is -0.506 e. The highest BCUT2D eigenvalue weighted by atomic mass is 16.6. The van der Waals surface area contributed by atoms with Gasteiger partial charge in [-0.15, -0.1) is 0 Å². The number of carbonyl (C=O) groups is 3. The topological polar surface area (TPSA) is 112 Å². The Morgan fingerprint density at radius 1 is 0.964 bits per heavy atom. The molecule has 2 saturated heterocycles. The molecule has 0 radical (unpaired) electrons. The lowest BCUT2D eigenvalue weighted by atomic mass is 9.51. The maximum absolute atomic E-state index is 15.0. The molecule has 1 N–H and O–H groups in total. The van der Waals surface area contributed by atoms with Crippen LogP contribution in [0.2, 0.25) is 0 Å². The van der Waals surface area contributed by atoms with E-state index in [9.17, 15) is 14.7 Å². The smallest absolute Gasteiger partial charge is 0.333 e. The third-order valence-corrected chi connectivity index (χ3v) is 13.0. The highest BCUT2D eigenvalue weighted by Crippen LogP contribution is 2.68. The van der Waals surface area contributed by atoms with Crippen molar-refractivity contribution in [2.24, 2.45) is 11.8 Å². The fraction of sp³-hybridized carbons (Fsp3) is 0.596. The Kier molecular flexibility index (Phi) is 10.8. The van der Waals surface area contributed by atoms with E-state index in [0.29, 0.717) is 53.9 Å². The molecule has 3 fully saturated rings. The number of phenolic OH excluding ortho intramolecular Hbond substituents is 1. The first-order chi connectivity index (χ1) is 26.5. The van der Waals surface area contributed by atoms with Crippen LogP contribution < -0.4 is 9.47 Å². The van der Waals surface area contributed by atoms with Gasteiger partial charge in [-0.2, -0.15) is 0 Å². The van der Waals surface area contributed by atoms with Gasteiger partial charge in [0.05, 0.1) is 17.8 Å². The Bertz CT molecular complexity index is 1950. The van der Waals surface area contributed by atoms with Crippen LogP contribution in [0.3, 0.4) is 0 Å². The highest BCUT2D eigenvalue weighted by Gasteiger charge is 2.81. The summed E-state index contributed by atoms with van der Waals surface area (Å²) in [4.78, 5) is 45.5. The van der Waals surface area contributed by atoms with Gasteiger partial charge in [-0.3, -0.25) is 9.59 Å². The zero-order valence-corrected chi connectivity index (χ0v) is 34.8. The number of aromatic hydroxyl groups is 1. The first-order valence-corrected chi connectivity index (χ1v) is 20.9. The number of carbonyl (C=O) groups excluding carboxylic acids is 3. The number of ether oxygens (including phenoxy) is 4. The number of likely N-dealkylation sites (tertiary alicyclic amines) is 1. The SMILES string of the molecule is CC(C)=CCC[C@]1(C)C=Cc2c(O)c3c(c(CC=C(C)C)c2O1)O[C@]12C(=C[C@@H]4C[C@H]1C(C)(C)O[C@@]2(C/C=C(/C)C(=O)OCCCCN1CCCCC1)C4=O)C3=O. The van der Waals surface area contributed by atoms with E-state index in [1.54, 1.807) is 19.1 Å². The predicted octanol–water partition coefficient (Wildman–Crippen LogP) is 8.96. The number of piperidine rings is 1. The van der Waals surface area contributed by atoms with Gasteiger partial charge in [-0.1, -0.05) is 41.9 Å². The van der Waals surface area contributed by atoms with Crippen LogP contribution in [0.1, 0.15) is 135 Å². The number of hydrogen-bond acceptors (Lipinski definition) is 9. The van der Waals surface area contributed by atoms with E-state index < -0.39 is 34.3 Å². The standard InChI is InChI=1S/C47H61NO8/c1-29(2)15-14-20-45(8)21-19-33-38(49)37-39(50)35-27-32-28-36-44(6,7)56-46(42(32)51,47(35,36)55-41(37)34(40(33)54-45)17-16-30(3)4)22-18-31(5)43(52)53-26-13-12-25-48-23-10-9-11-24-48/h15-16,18-19,21,27,32,36,49H,9-14,17,20,22-26,28H2,1-8H3/b31-18-/t32-,36+,45-,46+,47-/m1/s1. The van der Waals surface area contributed by atoms with E-state index in [2.05, 4.69) is 30.9 Å². The van der Waals surface area contributed by atoms with Gasteiger partial charge in [-0.25, -0.2) is 4.79 Å². The zero-order chi connectivity index (χ0) is 40.2. The number of allylic oxidation sites excluding steroid dienone is 5. The Balaban J connectivity index is 1.24. The average molecular weight is 768 g/mol. The van der Waals surface area contributed by atoms with Crippen molar-refractivity contribution in [2.45, 2.75) is 142 Å². The summed E-state index contributed by atoms with van der Waals surface area (Å²) in [6.07, 6.45) is 19.5. The molecule has 4 bridgehead atoms. The van der Waals surface area contributed by atoms with E-state index >= 15 is 4.79 Å². The van der Waals surface area contributed by atoms with Gasteiger partial charge in [0.2, 0.25) is 0 Å². The number of hydrogen-bond donors (Lipinski definition) is 1. The Morgan fingerprint density at radius 2 is 1.70 bits per heavy atom. The van der Waals surface area contributed by atoms with E-state index in [0.717, 1.165) is 44.5 Å². The normalized spacial score (nSPS) is 29.7. The molecule has 5 atom stereocenters. The average Bonchev–Trinajstić information content (AvgIpc) is 3.30. The minimum absolute atomic E-state index is 0.0278. The number of nitrogens with zero attached hydrogens (tertiary/aromatic N) is 1. The van der Waals surface area contributed by atoms with Crippen LogP contribution in [-0.2, 0) is 25.5 Å². The molecule has 1 aromatic carbocycles. The summed E-state index contributed by atoms with van der Waals surface area (Å²) in [6, 6.07) is 0. The van der Waals surface area contributed by atoms with Crippen LogP contribution in [-0.4, -0.2) is 76.2 Å². The molecule has 1 saturated carbocycles. The quantitative estimate of drug-likeness (QED) is 0.0910. The fourth-order valence-electron chi connectivity index (χ4n) is 10.1. The number of esters is 1. The third kappa shape index (κ3) is 6.80. The summed E-state index contributed by atoms with van der Waals surface area (Å²) >= 11 is 0. The molecule has 4 aliphatic heterocycles. The molecule has 302 valence electrons. The summed E-state index contributed by atoms with van der Waals surface area (Å²) in [5, 5.41) is 12.0. The molecule has 9 nitrogen and oxygen atoms in total. The number of fused-ring (bicyclic) bond motifs is 2. The van der Waals surface area contributed by atoms with Crippen molar-refractivity contribution >= 4 is 23.6 Å². The summed E-state index contributed by atoms with van der Waals surface area (Å²) < 4.78 is 26.7. The summed E-state index contributed by atoms with van der Waals surface area (Å²) in [7, 11) is 0. The van der Waals surface area contributed by atoms with Crippen molar-refractivity contribution in [3.05, 3.63) is 69.4 Å². The van der Waals surface area contributed by atoms with Gasteiger partial charge in [-0.05, 0) is 139 Å². The molecule has 3 aliphatic carbocycles. The Morgan fingerprint density at radius 3 is 2.41 bits per heavy atom. The molecule has 56 heavy (non-hydrogen) atoms. The number of unbranched alkanes of at least 4 members (excludes halogenated alkanes) is 1. The van der Waals surface area contributed by atoms with Crippen molar-refractivity contribution in [1.82, 2.24) is 4.90 Å². The number of benzene rings is 1. The summed E-state index contributed by atoms with van der Waals surface area (Å²) in [5.74, 6) is -1.37. The maximum atomic E-state index is 15.0. The molecule has 8 rings (SSSR count). The van der Waals surface area contributed by atoms with E-state index in [1.807, 2.05) is 46.8 Å². The number of ketones is 2. The van der Waals surface area contributed by atoms with E-state index in [-0.39, 0.29) is 41.0 Å². The van der Waals surface area contributed by atoms with E-state index in [1.165, 1.54) is 24.8 Å². The van der Waals surface area contributed by atoms with Crippen LogP contribution in [0, 0.1) is 11.8 Å². The van der Waals surface area contributed by atoms with Gasteiger partial charge in [0, 0.05) is 35.0 Å². The van der Waals surface area contributed by atoms with Crippen LogP contribution in [0.5, 0.6) is 17.2 Å². The minimum atomic E-state index is -1.59. The van der Waals surface area contributed by atoms with Crippen molar-refractivity contribution in [1.29, 1.82) is 0 Å². The lowest BCUT2D eigenvalue weighted by molar-refractivity contribution is -0.171. The summed E-state index contributed by atoms with van der Waals surface area (Å²) in [5.41, 5.74) is -0.392. The van der Waals surface area contributed by atoms with E-state index in [4.69, 9.17) is 18.9 Å². The maximum Gasteiger partial charge on any atom is 0.333 e. The fourth-order valence-corrected chi connectivity index (χ4v) is 10.1. The molecule has 7 aliphatic rings. The molecule has 1 spiro atoms. The van der Waals surface area contributed by atoms with Crippen molar-refractivity contribution in [3.63, 3.8) is 0 Å². The lowest BCUT2D eigenvalue weighted by Gasteiger charge is -2.56. The second-order valence-corrected chi connectivity index (χ2v) is 18.2. The van der Waals surface area contributed by atoms with Gasteiger partial charge < -0.3 is 29.0 Å². The molecular formula is C47H61NO8. The van der Waals surface area contributed by atoms with Crippen LogP contribution >= 0.6 is 0 Å². The second kappa shape index (κ2) is 15.1. The first kappa shape index (κ1) is 40.3. The predicted molar refractivity (Wildman–Crippen MR) is 217 cm³/mol. The van der Waals surface area contributed by atoms with Gasteiger partial charge in [0.25, 0.3) is 0 Å². The van der Waals surface area contributed by atoms with Crippen molar-refractivity contribution < 1.29 is 38.4 Å². The zero-order valence-electron chi connectivity index (χ0n) is 34.8. The largest absolute Gasteiger partial charge is 0.506 e. The molecule has 0 aromatic heterocycles. The molecule has 4 heterocycles. The van der Waals surface area contributed by atoms with Crippen molar-refractivity contribution in [3.8, 4) is 17.2 Å². The van der Waals surface area contributed by atoms with Crippen LogP contribution in [0.4, 0.5) is 0 Å². The lowest BCUT2D eigenvalue weighted by Crippen LogP contribution is -2.72. The van der Waals surface area contributed by atoms with Gasteiger partial charge in [0.1, 0.15) is 28.4 Å². The highest BCUT2D eigenvalue weighted by molar-refractivity contribution is 6.19. The molecular weight excluding hydrogens is 707 g/mol. The van der Waals surface area contributed by atoms with Crippen LogP contribution in [0.25, 0.3) is 6.08 Å². The van der Waals surface area contributed by atoms with Gasteiger partial charge in [0.15, 0.2) is 22.8 Å². The van der Waals surface area contributed by atoms with Gasteiger partial charge >= 0.3 is 5.97 Å².